The number of hydrogen-bond acceptors (Lipinski definition) is 0. The van der Waals surface area contributed by atoms with Crippen LogP contribution in [0.3, 0.4) is 0 Å². The van der Waals surface area contributed by atoms with Gasteiger partial charge in [-0.05, 0) is 48.5 Å². The normalized spacial score (nSPS) is 12.3. The van der Waals surface area contributed by atoms with Gasteiger partial charge >= 0.3 is 0 Å². The lowest BCUT2D eigenvalue weighted by molar-refractivity contribution is 1.37. The quantitative estimate of drug-likeness (QED) is 0.223. The minimum Gasteiger partial charge on any atom is -0.308 e. The lowest BCUT2D eigenvalue weighted by Crippen LogP contribution is -1.79. The fraction of sp³-hybridized carbons (Fsp3) is 0. The van der Waals surface area contributed by atoms with E-state index >= 15 is 0 Å². The smallest absolute Gasteiger partial charge is 0.0621 e. The van der Waals surface area contributed by atoms with Gasteiger partial charge in [-0.15, -0.1) is 0 Å². The number of nitrogens with zero attached hydrogens (tertiary/aromatic N) is 1. The molecule has 0 aliphatic heterocycles. The maximum atomic E-state index is 3.67. The number of fused-ring (bicyclic) bond motifs is 6. The Morgan fingerprint density at radius 2 is 1.00 bits per heavy atom. The minimum atomic E-state index is 1.11. The first-order chi connectivity index (χ1) is 10.6. The van der Waals surface area contributed by atoms with Gasteiger partial charge in [0, 0.05) is 35.0 Å². The second-order valence-electron chi connectivity index (χ2n) is 5.51. The van der Waals surface area contributed by atoms with Crippen LogP contribution in [0.4, 0.5) is 0 Å². The largest absolute Gasteiger partial charge is 0.308 e. The van der Waals surface area contributed by atoms with Crippen molar-refractivity contribution in [3.05, 3.63) is 61.9 Å². The predicted octanol–water partition coefficient (Wildman–Crippen LogP) is 7.12. The maximum Gasteiger partial charge on any atom is 0.0621 e. The molecule has 0 amide bonds. The van der Waals surface area contributed by atoms with Crippen molar-refractivity contribution < 1.29 is 0 Å². The third-order valence-electron chi connectivity index (χ3n) is 4.28. The fourth-order valence-electron chi connectivity index (χ4n) is 3.46. The zero-order chi connectivity index (χ0) is 15.0. The van der Waals surface area contributed by atoms with Crippen molar-refractivity contribution in [3.8, 4) is 0 Å². The van der Waals surface area contributed by atoms with Crippen molar-refractivity contribution in [1.29, 1.82) is 0 Å². The van der Waals surface area contributed by atoms with Crippen LogP contribution in [0.2, 0.25) is 0 Å². The molecule has 0 atom stereocenters. The van der Waals surface area contributed by atoms with Crippen molar-refractivity contribution in [2.24, 2.45) is 0 Å². The molecular weight excluding hydrogens is 470 g/mol. The van der Waals surface area contributed by atoms with E-state index < -0.39 is 0 Å². The Bertz CT molecular complexity index is 1110. The Hall–Kier alpha value is -1.10. The summed E-state index contributed by atoms with van der Waals surface area (Å²) >= 11 is 10.9. The Morgan fingerprint density at radius 3 is 1.50 bits per heavy atom. The third kappa shape index (κ3) is 1.63. The molecule has 0 unspecified atom stereocenters. The van der Waals surface area contributed by atoms with Crippen molar-refractivity contribution in [2.75, 3.05) is 0 Å². The molecule has 0 radical (unpaired) electrons. The first-order valence-corrected chi connectivity index (χ1v) is 9.25. The molecule has 0 aliphatic rings. The van der Waals surface area contributed by atoms with E-state index in [-0.39, 0.29) is 0 Å². The van der Waals surface area contributed by atoms with Crippen molar-refractivity contribution in [2.45, 2.75) is 0 Å². The molecular formula is C18H8Br3N. The Kier molecular flexibility index (Phi) is 2.71. The first-order valence-electron chi connectivity index (χ1n) is 6.87. The summed E-state index contributed by atoms with van der Waals surface area (Å²) in [5, 5.41) is 5.13. The first kappa shape index (κ1) is 13.3. The van der Waals surface area contributed by atoms with Gasteiger partial charge in [-0.3, -0.25) is 0 Å². The molecule has 0 spiro atoms. The van der Waals surface area contributed by atoms with Crippen LogP contribution < -0.4 is 0 Å². The molecule has 1 nitrogen and oxygen atoms in total. The number of rotatable bonds is 0. The van der Waals surface area contributed by atoms with Gasteiger partial charge in [-0.1, -0.05) is 47.8 Å². The zero-order valence-corrected chi connectivity index (χ0v) is 16.0. The number of hydrogen-bond donors (Lipinski definition) is 0. The molecule has 5 rings (SSSR count). The van der Waals surface area contributed by atoms with Crippen LogP contribution in [-0.4, -0.2) is 4.40 Å². The van der Waals surface area contributed by atoms with Gasteiger partial charge in [0.1, 0.15) is 0 Å². The summed E-state index contributed by atoms with van der Waals surface area (Å²) in [6.45, 7) is 0. The fourth-order valence-corrected chi connectivity index (χ4v) is 4.64. The molecule has 0 aliphatic carbocycles. The van der Waals surface area contributed by atoms with Crippen LogP contribution in [0, 0.1) is 0 Å². The molecule has 22 heavy (non-hydrogen) atoms. The van der Waals surface area contributed by atoms with Crippen molar-refractivity contribution in [1.82, 2.24) is 4.40 Å². The van der Waals surface area contributed by atoms with Crippen LogP contribution in [0.1, 0.15) is 0 Å². The second-order valence-corrected chi connectivity index (χ2v) is 8.25. The summed E-state index contributed by atoms with van der Waals surface area (Å²) in [7, 11) is 0. The van der Waals surface area contributed by atoms with Crippen LogP contribution in [0.15, 0.2) is 61.9 Å². The molecule has 0 saturated heterocycles. The summed E-state index contributed by atoms with van der Waals surface area (Å²) in [5.74, 6) is 0. The zero-order valence-electron chi connectivity index (χ0n) is 11.2. The Labute approximate surface area is 151 Å². The highest BCUT2D eigenvalue weighted by molar-refractivity contribution is 9.11. The average molecular weight is 478 g/mol. The number of halogens is 3. The summed E-state index contributed by atoms with van der Waals surface area (Å²) in [6, 6.07) is 17.4. The van der Waals surface area contributed by atoms with Gasteiger partial charge in [0.25, 0.3) is 0 Å². The molecule has 0 saturated carbocycles. The van der Waals surface area contributed by atoms with Crippen LogP contribution in [-0.2, 0) is 0 Å². The standard InChI is InChI=1S/C18H8Br3N/c19-9-1-3-16-12(5-9)14-7-11(21)8-15-13-6-10(20)2-4-17(13)22(16)18(14)15/h1-8H. The van der Waals surface area contributed by atoms with E-state index in [1.54, 1.807) is 0 Å². The summed E-state index contributed by atoms with van der Waals surface area (Å²) in [6.07, 6.45) is 0. The number of benzene rings is 3. The predicted molar refractivity (Wildman–Crippen MR) is 104 cm³/mol. The second kappa shape index (κ2) is 4.47. The highest BCUT2D eigenvalue weighted by Crippen LogP contribution is 2.41. The molecule has 0 N–H and O–H groups in total. The molecule has 3 aromatic carbocycles. The number of aromatic nitrogens is 1. The molecule has 2 heterocycles. The molecule has 0 bridgehead atoms. The average Bonchev–Trinajstić information content (AvgIpc) is 2.96. The van der Waals surface area contributed by atoms with Gasteiger partial charge in [0.05, 0.1) is 16.6 Å². The van der Waals surface area contributed by atoms with E-state index in [0.717, 1.165) is 13.4 Å². The van der Waals surface area contributed by atoms with Crippen LogP contribution in [0.25, 0.3) is 38.1 Å². The molecule has 4 heteroatoms. The topological polar surface area (TPSA) is 4.41 Å². The molecule has 2 aromatic heterocycles. The van der Waals surface area contributed by atoms with E-state index in [1.807, 2.05) is 0 Å². The monoisotopic (exact) mass is 475 g/mol. The minimum absolute atomic E-state index is 1.11. The van der Waals surface area contributed by atoms with Crippen LogP contribution >= 0.6 is 47.8 Å². The molecule has 106 valence electrons. The van der Waals surface area contributed by atoms with Crippen molar-refractivity contribution in [3.63, 3.8) is 0 Å². The van der Waals surface area contributed by atoms with Gasteiger partial charge < -0.3 is 4.40 Å². The highest BCUT2D eigenvalue weighted by Gasteiger charge is 2.18. The van der Waals surface area contributed by atoms with Crippen LogP contribution in [0.5, 0.6) is 0 Å². The Morgan fingerprint density at radius 1 is 0.545 bits per heavy atom. The van der Waals surface area contributed by atoms with E-state index in [2.05, 4.69) is 101 Å². The van der Waals surface area contributed by atoms with E-state index in [9.17, 15) is 0 Å². The van der Waals surface area contributed by atoms with Gasteiger partial charge in [-0.2, -0.15) is 0 Å². The van der Waals surface area contributed by atoms with E-state index in [0.29, 0.717) is 0 Å². The van der Waals surface area contributed by atoms with Gasteiger partial charge in [-0.25, -0.2) is 0 Å². The lowest BCUT2D eigenvalue weighted by atomic mass is 10.1. The Balaban J connectivity index is 2.22. The maximum absolute atomic E-state index is 3.67. The SMILES string of the molecule is Brc1ccc2c(c1)c1cc(Br)cc3c4cc(Br)ccc4n2c13. The van der Waals surface area contributed by atoms with E-state index in [1.165, 1.54) is 38.1 Å². The highest BCUT2D eigenvalue weighted by atomic mass is 79.9. The van der Waals surface area contributed by atoms with E-state index in [4.69, 9.17) is 0 Å². The van der Waals surface area contributed by atoms with Gasteiger partial charge in [0.15, 0.2) is 0 Å². The summed E-state index contributed by atoms with van der Waals surface area (Å²) < 4.78 is 5.71. The third-order valence-corrected chi connectivity index (χ3v) is 5.72. The lowest BCUT2D eigenvalue weighted by Gasteiger charge is -1.99. The van der Waals surface area contributed by atoms with Gasteiger partial charge in [0.2, 0.25) is 0 Å². The molecule has 5 aromatic rings. The summed E-state index contributed by atoms with van der Waals surface area (Å²) in [5.41, 5.74) is 3.79. The van der Waals surface area contributed by atoms with Crippen molar-refractivity contribution >= 4 is 85.9 Å². The summed E-state index contributed by atoms with van der Waals surface area (Å²) in [4.78, 5) is 0. The molecule has 0 fully saturated rings.